The van der Waals surface area contributed by atoms with Crippen LogP contribution in [0.15, 0.2) is 52.9 Å². The van der Waals surface area contributed by atoms with Gasteiger partial charge in [-0.3, -0.25) is 0 Å². The summed E-state index contributed by atoms with van der Waals surface area (Å²) in [6.45, 7) is 10.9. The molecule has 37 heavy (non-hydrogen) atoms. The van der Waals surface area contributed by atoms with E-state index >= 15 is 0 Å². The third kappa shape index (κ3) is 3.76. The molecule has 0 aliphatic heterocycles. The number of para-hydroxylation sites is 1. The van der Waals surface area contributed by atoms with E-state index in [0.29, 0.717) is 5.71 Å². The molecule has 0 radical (unpaired) electrons. The van der Waals surface area contributed by atoms with Crippen LogP contribution in [-0.4, -0.2) is 28.2 Å². The zero-order chi connectivity index (χ0) is 26.2. The summed E-state index contributed by atoms with van der Waals surface area (Å²) >= 11 is -2.13. The predicted molar refractivity (Wildman–Crippen MR) is 159 cm³/mol. The first-order valence-corrected chi connectivity index (χ1v) is 20.4. The average molecular weight is 548 g/mol. The summed E-state index contributed by atoms with van der Waals surface area (Å²) in [5.41, 5.74) is 8.19. The third-order valence-electron chi connectivity index (χ3n) is 7.46. The first-order chi connectivity index (χ1) is 17.5. The predicted octanol–water partition coefficient (Wildman–Crippen LogP) is 8.34. The molecular formula is C32H33GeN3O. The maximum absolute atomic E-state index is 6.39. The van der Waals surface area contributed by atoms with Crippen LogP contribution in [0.1, 0.15) is 42.4 Å². The van der Waals surface area contributed by atoms with E-state index in [1.54, 1.807) is 4.40 Å². The Kier molecular flexibility index (Phi) is 5.46. The molecule has 0 unspecified atom stereocenters. The molecule has 186 valence electrons. The minimum absolute atomic E-state index is 0.197. The van der Waals surface area contributed by atoms with Gasteiger partial charge in [-0.05, 0) is 6.92 Å². The van der Waals surface area contributed by atoms with Crippen LogP contribution >= 0.6 is 0 Å². The Bertz CT molecular complexity index is 1880. The van der Waals surface area contributed by atoms with Crippen molar-refractivity contribution >= 4 is 61.4 Å². The van der Waals surface area contributed by atoms with Gasteiger partial charge >= 0.3 is 214 Å². The van der Waals surface area contributed by atoms with Crippen LogP contribution in [-0.2, 0) is 0 Å². The number of benzene rings is 3. The Morgan fingerprint density at radius 3 is 2.30 bits per heavy atom. The van der Waals surface area contributed by atoms with Gasteiger partial charge in [-0.15, -0.1) is 0 Å². The number of hydrogen-bond donors (Lipinski definition) is 0. The fraction of sp³-hybridized carbons (Fsp3) is 0.281. The van der Waals surface area contributed by atoms with Crippen molar-refractivity contribution < 1.29 is 4.42 Å². The standard InChI is InChI=1S/C32H33GeN3O/c1-17(2)31-35-28(25-11-9-10-22-23-14-12-19(4)34-32(23)37-30(22)25)24-15-13-21-16-18(3)27(33(6,7)8)20(5)26(21)29(24)36-31/h9-17H,1-8H3. The SMILES string of the molecule is Cc1ccc2c(n1)oc1c(-c3nc(C(C)C)nc4c3ccc3cc(C)[c]([Ge]([CH3])([CH3])[CH3])c(C)c34)cccc12. The molecule has 6 rings (SSSR count). The van der Waals surface area contributed by atoms with Gasteiger partial charge in [0.1, 0.15) is 0 Å². The van der Waals surface area contributed by atoms with Gasteiger partial charge in [0.25, 0.3) is 0 Å². The van der Waals surface area contributed by atoms with Crippen molar-refractivity contribution in [2.45, 2.75) is 57.8 Å². The maximum atomic E-state index is 6.39. The Morgan fingerprint density at radius 1 is 0.811 bits per heavy atom. The van der Waals surface area contributed by atoms with Gasteiger partial charge in [-0.25, -0.2) is 0 Å². The molecule has 0 saturated carbocycles. The average Bonchev–Trinajstić information content (AvgIpc) is 3.19. The van der Waals surface area contributed by atoms with E-state index in [0.717, 1.165) is 50.0 Å². The molecule has 3 aromatic carbocycles. The molecule has 0 aliphatic rings. The minimum atomic E-state index is -2.13. The van der Waals surface area contributed by atoms with Crippen molar-refractivity contribution in [1.82, 2.24) is 15.0 Å². The van der Waals surface area contributed by atoms with Gasteiger partial charge in [-0.2, -0.15) is 0 Å². The summed E-state index contributed by atoms with van der Waals surface area (Å²) < 4.78 is 7.97. The van der Waals surface area contributed by atoms with Crippen molar-refractivity contribution in [2.24, 2.45) is 0 Å². The summed E-state index contributed by atoms with van der Waals surface area (Å²) in [5, 5.41) is 5.67. The van der Waals surface area contributed by atoms with Crippen LogP contribution in [0.3, 0.4) is 0 Å². The number of nitrogens with zero attached hydrogens (tertiary/aromatic N) is 3. The summed E-state index contributed by atoms with van der Waals surface area (Å²) in [6.07, 6.45) is 0. The molecule has 0 spiro atoms. The third-order valence-corrected chi connectivity index (χ3v) is 12.2. The molecule has 5 heteroatoms. The number of fused-ring (bicyclic) bond motifs is 6. The van der Waals surface area contributed by atoms with E-state index in [-0.39, 0.29) is 5.92 Å². The fourth-order valence-electron chi connectivity index (χ4n) is 6.04. The summed E-state index contributed by atoms with van der Waals surface area (Å²) in [6, 6.07) is 17.2. The van der Waals surface area contributed by atoms with Crippen LogP contribution < -0.4 is 4.40 Å². The Labute approximate surface area is 220 Å². The Hall–Kier alpha value is -3.25. The number of aryl methyl sites for hydroxylation is 3. The number of rotatable bonds is 3. The van der Waals surface area contributed by atoms with Gasteiger partial charge < -0.3 is 0 Å². The van der Waals surface area contributed by atoms with E-state index in [1.807, 2.05) is 13.0 Å². The molecule has 0 amide bonds. The quantitative estimate of drug-likeness (QED) is 0.165. The molecule has 3 heterocycles. The second-order valence-corrected chi connectivity index (χ2v) is 22.2. The number of furan rings is 1. The van der Waals surface area contributed by atoms with Crippen molar-refractivity contribution in [3.63, 3.8) is 0 Å². The van der Waals surface area contributed by atoms with E-state index in [2.05, 4.69) is 92.4 Å². The van der Waals surface area contributed by atoms with Crippen LogP contribution in [0.5, 0.6) is 0 Å². The van der Waals surface area contributed by atoms with Crippen molar-refractivity contribution in [2.75, 3.05) is 0 Å². The fourth-order valence-corrected chi connectivity index (χ4v) is 11.3. The first-order valence-electron chi connectivity index (χ1n) is 13.1. The van der Waals surface area contributed by atoms with Gasteiger partial charge in [0.05, 0.1) is 0 Å². The van der Waals surface area contributed by atoms with Gasteiger partial charge in [0, 0.05) is 0 Å². The van der Waals surface area contributed by atoms with E-state index in [1.165, 1.54) is 21.9 Å². The summed E-state index contributed by atoms with van der Waals surface area (Å²) in [5.74, 6) is 8.48. The van der Waals surface area contributed by atoms with Gasteiger partial charge in [0.15, 0.2) is 0 Å². The van der Waals surface area contributed by atoms with Crippen molar-refractivity contribution in [1.29, 1.82) is 0 Å². The zero-order valence-corrected chi connectivity index (χ0v) is 25.0. The van der Waals surface area contributed by atoms with E-state index in [4.69, 9.17) is 14.4 Å². The molecule has 0 saturated heterocycles. The topological polar surface area (TPSA) is 51.8 Å². The van der Waals surface area contributed by atoms with Crippen molar-refractivity contribution in [3.8, 4) is 11.3 Å². The molecular weight excluding hydrogens is 515 g/mol. The molecule has 0 fully saturated rings. The number of hydrogen-bond acceptors (Lipinski definition) is 4. The second kappa shape index (κ2) is 8.39. The van der Waals surface area contributed by atoms with Crippen LogP contribution in [0, 0.1) is 20.8 Å². The zero-order valence-electron chi connectivity index (χ0n) is 22.9. The normalized spacial score (nSPS) is 12.6. The second-order valence-electron chi connectivity index (χ2n) is 11.7. The van der Waals surface area contributed by atoms with E-state index in [9.17, 15) is 0 Å². The number of aromatic nitrogens is 3. The number of pyridine rings is 1. The van der Waals surface area contributed by atoms with Gasteiger partial charge in [0.2, 0.25) is 0 Å². The molecule has 0 aliphatic carbocycles. The van der Waals surface area contributed by atoms with Crippen LogP contribution in [0.2, 0.25) is 17.3 Å². The van der Waals surface area contributed by atoms with E-state index < -0.39 is 13.3 Å². The summed E-state index contributed by atoms with van der Waals surface area (Å²) in [4.78, 5) is 15.0. The first kappa shape index (κ1) is 24.1. The Morgan fingerprint density at radius 2 is 1.57 bits per heavy atom. The van der Waals surface area contributed by atoms with Crippen molar-refractivity contribution in [3.05, 3.63) is 71.2 Å². The van der Waals surface area contributed by atoms with Crippen LogP contribution in [0.4, 0.5) is 0 Å². The molecule has 0 N–H and O–H groups in total. The summed E-state index contributed by atoms with van der Waals surface area (Å²) in [7, 11) is 0. The van der Waals surface area contributed by atoms with Gasteiger partial charge in [-0.1, -0.05) is 0 Å². The monoisotopic (exact) mass is 549 g/mol. The molecule has 6 aromatic rings. The molecule has 4 nitrogen and oxygen atoms in total. The Balaban J connectivity index is 1.77. The molecule has 0 bridgehead atoms. The molecule has 0 atom stereocenters. The molecule has 3 aromatic heterocycles. The van der Waals surface area contributed by atoms with Crippen LogP contribution in [0.25, 0.3) is 55.0 Å².